The first-order chi connectivity index (χ1) is 12.3. The molecule has 4 rings (SSSR count). The minimum Gasteiger partial charge on any atom is -0.342 e. The lowest BCUT2D eigenvalue weighted by molar-refractivity contribution is -0.132. The lowest BCUT2D eigenvalue weighted by atomic mass is 9.98. The van der Waals surface area contributed by atoms with Crippen molar-refractivity contribution in [2.75, 3.05) is 13.1 Å². The Morgan fingerprint density at radius 3 is 3.08 bits per heavy atom. The predicted octanol–water partition coefficient (Wildman–Crippen LogP) is 3.68. The van der Waals surface area contributed by atoms with Gasteiger partial charge in [-0.2, -0.15) is 0 Å². The number of aromatic nitrogens is 3. The van der Waals surface area contributed by atoms with Crippen LogP contribution in [-0.2, 0) is 11.3 Å². The fourth-order valence-corrected chi connectivity index (χ4v) is 4.55. The summed E-state index contributed by atoms with van der Waals surface area (Å²) in [6.45, 7) is 2.54. The molecule has 130 valence electrons. The average molecular weight is 354 g/mol. The number of thiazole rings is 1. The number of piperidine rings is 1. The first kappa shape index (κ1) is 16.3. The van der Waals surface area contributed by atoms with Gasteiger partial charge >= 0.3 is 0 Å². The molecule has 0 N–H and O–H groups in total. The molecule has 5 nitrogen and oxygen atoms in total. The number of benzene rings is 1. The number of imidazole rings is 1. The van der Waals surface area contributed by atoms with Gasteiger partial charge in [0.05, 0.1) is 21.6 Å². The summed E-state index contributed by atoms with van der Waals surface area (Å²) in [6.07, 6.45) is 9.16. The van der Waals surface area contributed by atoms with Crippen LogP contribution in [0.2, 0.25) is 0 Å². The van der Waals surface area contributed by atoms with Gasteiger partial charge in [-0.15, -0.1) is 11.3 Å². The van der Waals surface area contributed by atoms with Crippen molar-refractivity contribution < 1.29 is 4.79 Å². The molecular weight excluding hydrogens is 332 g/mol. The molecule has 1 saturated heterocycles. The summed E-state index contributed by atoms with van der Waals surface area (Å²) in [6, 6.07) is 8.28. The number of amides is 1. The Bertz CT molecular complexity index is 809. The minimum atomic E-state index is 0.269. The highest BCUT2D eigenvalue weighted by Gasteiger charge is 2.26. The molecule has 1 aliphatic heterocycles. The number of carbonyl (C=O) groups is 1. The molecule has 3 heterocycles. The maximum atomic E-state index is 12.6. The van der Waals surface area contributed by atoms with Crippen LogP contribution >= 0.6 is 11.3 Å². The van der Waals surface area contributed by atoms with E-state index in [4.69, 9.17) is 4.98 Å². The van der Waals surface area contributed by atoms with E-state index in [9.17, 15) is 4.79 Å². The van der Waals surface area contributed by atoms with Crippen LogP contribution in [0, 0.1) is 0 Å². The van der Waals surface area contributed by atoms with Crippen molar-refractivity contribution in [1.82, 2.24) is 19.4 Å². The average Bonchev–Trinajstić information content (AvgIpc) is 3.31. The van der Waals surface area contributed by atoms with Crippen LogP contribution in [0.25, 0.3) is 10.2 Å². The van der Waals surface area contributed by atoms with Crippen molar-refractivity contribution in [1.29, 1.82) is 0 Å². The van der Waals surface area contributed by atoms with Crippen LogP contribution in [0.4, 0.5) is 0 Å². The second kappa shape index (κ2) is 7.35. The van der Waals surface area contributed by atoms with Crippen molar-refractivity contribution in [3.63, 3.8) is 0 Å². The fraction of sp³-hybridized carbons (Fsp3) is 0.421. The zero-order valence-electron chi connectivity index (χ0n) is 14.2. The lowest BCUT2D eigenvalue weighted by Crippen LogP contribution is -2.39. The van der Waals surface area contributed by atoms with Gasteiger partial charge in [-0.3, -0.25) is 4.79 Å². The van der Waals surface area contributed by atoms with Gasteiger partial charge in [0.2, 0.25) is 5.91 Å². The van der Waals surface area contributed by atoms with Gasteiger partial charge in [-0.05, 0) is 31.4 Å². The summed E-state index contributed by atoms with van der Waals surface area (Å²) in [4.78, 5) is 23.4. The summed E-state index contributed by atoms with van der Waals surface area (Å²) in [7, 11) is 0. The number of rotatable bonds is 5. The van der Waals surface area contributed by atoms with Gasteiger partial charge in [0, 0.05) is 44.4 Å². The highest BCUT2D eigenvalue weighted by molar-refractivity contribution is 7.18. The van der Waals surface area contributed by atoms with E-state index in [1.807, 2.05) is 21.7 Å². The van der Waals surface area contributed by atoms with Crippen LogP contribution in [0.5, 0.6) is 0 Å². The second-order valence-corrected chi connectivity index (χ2v) is 7.67. The van der Waals surface area contributed by atoms with Crippen LogP contribution < -0.4 is 0 Å². The zero-order valence-corrected chi connectivity index (χ0v) is 15.0. The molecule has 0 bridgehead atoms. The van der Waals surface area contributed by atoms with E-state index in [1.54, 1.807) is 23.9 Å². The maximum Gasteiger partial charge on any atom is 0.222 e. The standard InChI is InChI=1S/C19H22N4OS/c24-18(8-4-10-22-12-9-20-14-22)23-11-3-5-15(13-23)19-21-16-6-1-2-7-17(16)25-19/h1-2,6-7,9,12,14-15H,3-5,8,10-11,13H2/t15-/m1/s1. The van der Waals surface area contributed by atoms with E-state index in [0.717, 1.165) is 44.4 Å². The van der Waals surface area contributed by atoms with Gasteiger partial charge in [0.1, 0.15) is 0 Å². The Morgan fingerprint density at radius 1 is 1.32 bits per heavy atom. The molecule has 0 aliphatic carbocycles. The normalized spacial score (nSPS) is 17.9. The molecular formula is C19H22N4OS. The maximum absolute atomic E-state index is 12.6. The summed E-state index contributed by atoms with van der Waals surface area (Å²) < 4.78 is 3.26. The SMILES string of the molecule is O=C(CCCn1ccnc1)N1CCC[C@@H](c2nc3ccccc3s2)C1. The molecule has 0 radical (unpaired) electrons. The third kappa shape index (κ3) is 3.74. The van der Waals surface area contributed by atoms with Crippen LogP contribution in [0.3, 0.4) is 0 Å². The van der Waals surface area contributed by atoms with Crippen molar-refractivity contribution in [3.05, 3.63) is 48.0 Å². The number of hydrogen-bond acceptors (Lipinski definition) is 4. The fourth-order valence-electron chi connectivity index (χ4n) is 3.46. The Kier molecular flexibility index (Phi) is 4.78. The third-order valence-corrected chi connectivity index (χ3v) is 6.00. The molecule has 1 amide bonds. The summed E-state index contributed by atoms with van der Waals surface area (Å²) in [5, 5.41) is 1.18. The van der Waals surface area contributed by atoms with Crippen LogP contribution in [-0.4, -0.2) is 38.4 Å². The summed E-state index contributed by atoms with van der Waals surface area (Å²) in [5.74, 6) is 0.648. The lowest BCUT2D eigenvalue weighted by Gasteiger charge is -2.32. The van der Waals surface area contributed by atoms with Gasteiger partial charge < -0.3 is 9.47 Å². The van der Waals surface area contributed by atoms with E-state index in [0.29, 0.717) is 12.3 Å². The van der Waals surface area contributed by atoms with Crippen molar-refractivity contribution in [2.24, 2.45) is 0 Å². The number of fused-ring (bicyclic) bond motifs is 1. The summed E-state index contributed by atoms with van der Waals surface area (Å²) in [5.41, 5.74) is 1.08. The van der Waals surface area contributed by atoms with Crippen molar-refractivity contribution >= 4 is 27.5 Å². The number of aryl methyl sites for hydroxylation is 1. The molecule has 2 aromatic heterocycles. The number of nitrogens with zero attached hydrogens (tertiary/aromatic N) is 4. The van der Waals surface area contributed by atoms with E-state index < -0.39 is 0 Å². The third-order valence-electron chi connectivity index (χ3n) is 4.80. The molecule has 1 atom stereocenters. The van der Waals surface area contributed by atoms with Gasteiger partial charge in [-0.25, -0.2) is 9.97 Å². The van der Waals surface area contributed by atoms with Crippen LogP contribution in [0.15, 0.2) is 43.0 Å². The number of carbonyl (C=O) groups excluding carboxylic acids is 1. The van der Waals surface area contributed by atoms with Gasteiger partial charge in [0.25, 0.3) is 0 Å². The van der Waals surface area contributed by atoms with E-state index in [2.05, 4.69) is 23.2 Å². The molecule has 1 aromatic carbocycles. The summed E-state index contributed by atoms with van der Waals surface area (Å²) >= 11 is 1.77. The second-order valence-electron chi connectivity index (χ2n) is 6.60. The van der Waals surface area contributed by atoms with Crippen LogP contribution in [0.1, 0.15) is 36.6 Å². The minimum absolute atomic E-state index is 0.269. The first-order valence-electron chi connectivity index (χ1n) is 8.88. The number of hydrogen-bond donors (Lipinski definition) is 0. The number of para-hydroxylation sites is 1. The molecule has 1 fully saturated rings. The van der Waals surface area contributed by atoms with Crippen molar-refractivity contribution in [2.45, 2.75) is 38.1 Å². The molecule has 25 heavy (non-hydrogen) atoms. The largest absolute Gasteiger partial charge is 0.342 e. The molecule has 1 aliphatic rings. The molecule has 0 unspecified atom stereocenters. The van der Waals surface area contributed by atoms with E-state index in [-0.39, 0.29) is 5.91 Å². The Morgan fingerprint density at radius 2 is 2.24 bits per heavy atom. The molecule has 0 saturated carbocycles. The van der Waals surface area contributed by atoms with Crippen molar-refractivity contribution in [3.8, 4) is 0 Å². The topological polar surface area (TPSA) is 51.0 Å². The molecule has 0 spiro atoms. The van der Waals surface area contributed by atoms with E-state index >= 15 is 0 Å². The highest BCUT2D eigenvalue weighted by Crippen LogP contribution is 2.33. The van der Waals surface area contributed by atoms with Gasteiger partial charge in [-0.1, -0.05) is 12.1 Å². The predicted molar refractivity (Wildman–Crippen MR) is 99.6 cm³/mol. The molecule has 6 heteroatoms. The Labute approximate surface area is 151 Å². The Balaban J connectivity index is 1.36. The highest BCUT2D eigenvalue weighted by atomic mass is 32.1. The first-order valence-corrected chi connectivity index (χ1v) is 9.70. The molecule has 3 aromatic rings. The van der Waals surface area contributed by atoms with E-state index in [1.165, 1.54) is 9.71 Å². The van der Waals surface area contributed by atoms with Gasteiger partial charge in [0.15, 0.2) is 0 Å². The quantitative estimate of drug-likeness (QED) is 0.702. The number of likely N-dealkylation sites (tertiary alicyclic amines) is 1. The monoisotopic (exact) mass is 354 g/mol. The smallest absolute Gasteiger partial charge is 0.222 e. The Hall–Kier alpha value is -2.21. The zero-order chi connectivity index (χ0) is 17.1.